The molecule has 4 heavy (non-hydrogen) atoms. The van der Waals surface area contributed by atoms with E-state index in [9.17, 15) is 0 Å². The molecule has 0 aromatic heterocycles. The number of hydrogen-bond acceptors (Lipinski definition) is 0. The van der Waals surface area contributed by atoms with Gasteiger partial charge in [-0.25, -0.2) is 0 Å². The molecule has 0 saturated carbocycles. The molecule has 0 atom stereocenters. The molecule has 0 rings (SSSR count). The van der Waals surface area contributed by atoms with E-state index in [1.54, 1.807) is 0 Å². The molecule has 0 amide bonds. The summed E-state index contributed by atoms with van der Waals surface area (Å²) >= 11 is 2.90. The van der Waals surface area contributed by atoms with E-state index in [-0.39, 0.29) is 0 Å². The average Bonchev–Trinajstić information content (AvgIpc) is 0.811. The Morgan fingerprint density at radius 3 is 1.50 bits per heavy atom. The zero-order chi connectivity index (χ0) is 3.58. The molecule has 0 heterocycles. The van der Waals surface area contributed by atoms with Gasteiger partial charge < -0.3 is 0 Å². The zero-order valence-electron chi connectivity index (χ0n) is 2.99. The van der Waals surface area contributed by atoms with Gasteiger partial charge >= 0.3 is 34.7 Å². The molecular formula is C3H7Se+. The first-order valence-electron chi connectivity index (χ1n) is 1.39. The van der Waals surface area contributed by atoms with Crippen LogP contribution < -0.4 is 0 Å². The fourth-order valence-corrected chi connectivity index (χ4v) is 0. The molecule has 0 aromatic carbocycles. The third-order valence-corrected chi connectivity index (χ3v) is 0. The molecule has 0 aliphatic heterocycles. The second kappa shape index (κ2) is 1.80. The van der Waals surface area contributed by atoms with Crippen LogP contribution in [0.15, 0.2) is 0 Å². The first-order valence-corrected chi connectivity index (χ1v) is 2.38. The van der Waals surface area contributed by atoms with Crippen LogP contribution in [0.5, 0.6) is 0 Å². The molecule has 0 fully saturated rings. The van der Waals surface area contributed by atoms with Gasteiger partial charge in [-0.15, -0.1) is 0 Å². The van der Waals surface area contributed by atoms with Gasteiger partial charge in [0.25, 0.3) is 0 Å². The molecule has 0 saturated heterocycles. The normalized spacial score (nSPS) is 9.00. The Hall–Kier alpha value is 0.519. The molecule has 0 bridgehead atoms. The van der Waals surface area contributed by atoms with Gasteiger partial charge in [-0.2, -0.15) is 0 Å². The van der Waals surface area contributed by atoms with E-state index < -0.39 is 0 Å². The summed E-state index contributed by atoms with van der Waals surface area (Å²) < 4.78 is 0. The van der Waals surface area contributed by atoms with Crippen molar-refractivity contribution in [1.82, 2.24) is 0 Å². The van der Waals surface area contributed by atoms with Crippen molar-refractivity contribution in [2.24, 2.45) is 0 Å². The van der Waals surface area contributed by atoms with Gasteiger partial charge in [0.05, 0.1) is 0 Å². The maximum atomic E-state index is 2.90. The van der Waals surface area contributed by atoms with Crippen molar-refractivity contribution in [3.63, 3.8) is 0 Å². The van der Waals surface area contributed by atoms with Crippen LogP contribution in [0.1, 0.15) is 13.8 Å². The van der Waals surface area contributed by atoms with Crippen molar-refractivity contribution in [2.45, 2.75) is 18.7 Å². The minimum atomic E-state index is 0.708. The summed E-state index contributed by atoms with van der Waals surface area (Å²) in [6.45, 7) is 4.22. The van der Waals surface area contributed by atoms with Gasteiger partial charge in [0.15, 0.2) is 0 Å². The predicted octanol–water partition coefficient (Wildman–Crippen LogP) is 0.983. The van der Waals surface area contributed by atoms with Crippen molar-refractivity contribution in [3.8, 4) is 0 Å². The van der Waals surface area contributed by atoms with Gasteiger partial charge in [-0.1, -0.05) is 0 Å². The van der Waals surface area contributed by atoms with Crippen LogP contribution in [0.3, 0.4) is 0 Å². The Morgan fingerprint density at radius 1 is 1.50 bits per heavy atom. The van der Waals surface area contributed by atoms with Gasteiger partial charge in [0.2, 0.25) is 0 Å². The quantitative estimate of drug-likeness (QED) is 0.420. The van der Waals surface area contributed by atoms with E-state index in [0.29, 0.717) is 4.82 Å². The minimum absolute atomic E-state index is 0.708. The van der Waals surface area contributed by atoms with Crippen molar-refractivity contribution in [3.05, 3.63) is 0 Å². The van der Waals surface area contributed by atoms with E-state index in [1.807, 2.05) is 0 Å². The van der Waals surface area contributed by atoms with E-state index in [0.717, 1.165) is 0 Å². The molecule has 0 aromatic rings. The Kier molecular flexibility index (Phi) is 2.04. The van der Waals surface area contributed by atoms with E-state index in [4.69, 9.17) is 0 Å². The first kappa shape index (κ1) is 4.52. The second-order valence-electron chi connectivity index (χ2n) is 1.05. The third-order valence-electron chi connectivity index (χ3n) is 0. The summed E-state index contributed by atoms with van der Waals surface area (Å²) in [5.41, 5.74) is 0. The van der Waals surface area contributed by atoms with E-state index in [2.05, 4.69) is 29.9 Å². The molecule has 24 valence electrons. The van der Waals surface area contributed by atoms with Crippen molar-refractivity contribution in [2.75, 3.05) is 0 Å². The van der Waals surface area contributed by atoms with Gasteiger partial charge in [0, 0.05) is 0 Å². The van der Waals surface area contributed by atoms with Crippen LogP contribution in [0, 0.1) is 0 Å². The number of rotatable bonds is 0. The van der Waals surface area contributed by atoms with Gasteiger partial charge in [0.1, 0.15) is 0 Å². The van der Waals surface area contributed by atoms with Crippen LogP contribution in [-0.4, -0.2) is 16.0 Å². The summed E-state index contributed by atoms with van der Waals surface area (Å²) in [6, 6.07) is 0. The fraction of sp³-hybridized carbons (Fsp3) is 1.00. The monoisotopic (exact) mass is 123 g/mol. The molecule has 0 aliphatic rings. The van der Waals surface area contributed by atoms with Crippen molar-refractivity contribution in [1.29, 1.82) is 0 Å². The molecular weight excluding hydrogens is 115 g/mol. The van der Waals surface area contributed by atoms with Crippen LogP contribution in [-0.2, 0) is 0 Å². The third kappa shape index (κ3) is 21.6. The molecule has 0 N–H and O–H groups in total. The molecule has 0 unspecified atom stereocenters. The molecule has 2 radical (unpaired) electrons. The molecule has 0 nitrogen and oxygen atoms in total. The maximum absolute atomic E-state index is 2.90. The Balaban J connectivity index is 2.32. The predicted molar refractivity (Wildman–Crippen MR) is 20.9 cm³/mol. The van der Waals surface area contributed by atoms with Crippen LogP contribution in [0.4, 0.5) is 0 Å². The fourth-order valence-electron chi connectivity index (χ4n) is 0. The summed E-state index contributed by atoms with van der Waals surface area (Å²) in [5.74, 6) is 0. The molecule has 0 spiro atoms. The zero-order valence-corrected chi connectivity index (χ0v) is 4.70. The summed E-state index contributed by atoms with van der Waals surface area (Å²) in [5, 5.41) is 0. The standard InChI is InChI=1S/C3H7Se/c1-3(2)4/h3H,1-2H3/q+1. The van der Waals surface area contributed by atoms with Gasteiger partial charge in [-0.3, -0.25) is 0 Å². The van der Waals surface area contributed by atoms with Gasteiger partial charge in [-0.05, 0) is 0 Å². The van der Waals surface area contributed by atoms with Crippen LogP contribution >= 0.6 is 0 Å². The van der Waals surface area contributed by atoms with Crippen LogP contribution in [0.25, 0.3) is 0 Å². The molecule has 0 aliphatic carbocycles. The average molecular weight is 122 g/mol. The Morgan fingerprint density at radius 2 is 1.50 bits per heavy atom. The SMILES string of the molecule is CC(C)[Se+]. The Bertz CT molecular complexity index is 8.00. The van der Waals surface area contributed by atoms with Crippen LogP contribution in [0.2, 0.25) is 4.82 Å². The summed E-state index contributed by atoms with van der Waals surface area (Å²) in [7, 11) is 0. The second-order valence-corrected chi connectivity index (χ2v) is 3.03. The molecule has 1 heteroatoms. The Labute approximate surface area is 35.4 Å². The van der Waals surface area contributed by atoms with E-state index in [1.165, 1.54) is 0 Å². The summed E-state index contributed by atoms with van der Waals surface area (Å²) in [4.78, 5) is 0.708. The van der Waals surface area contributed by atoms with E-state index >= 15 is 0 Å². The topological polar surface area (TPSA) is 0 Å². The first-order chi connectivity index (χ1) is 1.73. The summed E-state index contributed by atoms with van der Waals surface area (Å²) in [6.07, 6.45) is 0. The van der Waals surface area contributed by atoms with Crippen molar-refractivity contribution < 1.29 is 0 Å². The number of hydrogen-bond donors (Lipinski definition) is 0. The van der Waals surface area contributed by atoms with Crippen molar-refractivity contribution >= 4 is 16.0 Å².